The number of carboxylic acids is 1. The van der Waals surface area contributed by atoms with Crippen LogP contribution in [0.15, 0.2) is 16.3 Å². The molecule has 3 amide bonds. The molecule has 4 atom stereocenters. The molecular weight excluding hydrogens is 589 g/mol. The first-order valence-corrected chi connectivity index (χ1v) is 15.0. The van der Waals surface area contributed by atoms with Gasteiger partial charge in [0.2, 0.25) is 21.7 Å². The van der Waals surface area contributed by atoms with Crippen LogP contribution in [-0.4, -0.2) is 84.8 Å². The van der Waals surface area contributed by atoms with E-state index in [1.807, 2.05) is 4.72 Å². The van der Waals surface area contributed by atoms with Crippen molar-refractivity contribution in [3.63, 3.8) is 0 Å². The Labute approximate surface area is 228 Å². The van der Waals surface area contributed by atoms with Gasteiger partial charge in [-0.3, -0.25) is 14.4 Å². The Balaban J connectivity index is 1.44. The van der Waals surface area contributed by atoms with Gasteiger partial charge < -0.3 is 21.1 Å². The van der Waals surface area contributed by atoms with Crippen molar-refractivity contribution >= 4 is 62.6 Å². The van der Waals surface area contributed by atoms with Gasteiger partial charge in [-0.15, -0.1) is 11.3 Å². The van der Waals surface area contributed by atoms with E-state index < -0.39 is 68.4 Å². The second-order valence-electron chi connectivity index (χ2n) is 8.85. The fourth-order valence-corrected chi connectivity index (χ4v) is 7.76. The molecule has 0 radical (unpaired) electrons. The molecule has 2 fully saturated rings. The molecule has 0 spiro atoms. The highest BCUT2D eigenvalue weighted by Gasteiger charge is 2.42. The Morgan fingerprint density at radius 2 is 1.90 bits per heavy atom. The molecule has 0 saturated carbocycles. The van der Waals surface area contributed by atoms with Gasteiger partial charge in [-0.2, -0.15) is 24.9 Å². The molecule has 18 heteroatoms. The maximum Gasteiger partial charge on any atom is 0.450 e. The van der Waals surface area contributed by atoms with Crippen molar-refractivity contribution in [1.82, 2.24) is 20.7 Å². The van der Waals surface area contributed by atoms with E-state index in [0.717, 1.165) is 23.6 Å². The van der Waals surface area contributed by atoms with Crippen LogP contribution in [0.5, 0.6) is 0 Å². The van der Waals surface area contributed by atoms with Crippen molar-refractivity contribution in [2.45, 2.75) is 66.6 Å². The molecule has 0 aromatic carbocycles. The van der Waals surface area contributed by atoms with Crippen molar-refractivity contribution in [2.75, 3.05) is 12.3 Å². The minimum absolute atomic E-state index is 0.000725. The largest absolute Gasteiger partial charge is 0.480 e. The van der Waals surface area contributed by atoms with Crippen LogP contribution in [0, 0.1) is 0 Å². The number of sulfonamides is 1. The number of carbonyl (C=O) groups is 5. The number of carboxylic acid groups (broad SMARTS) is 1. The molecule has 3 rings (SSSR count). The second-order valence-corrected chi connectivity index (χ2v) is 12.8. The third-order valence-corrected chi connectivity index (χ3v) is 10.0. The summed E-state index contributed by atoms with van der Waals surface area (Å²) in [6.45, 7) is -0.733. The van der Waals surface area contributed by atoms with E-state index in [4.69, 9.17) is 0 Å². The number of rotatable bonds is 14. The van der Waals surface area contributed by atoms with Gasteiger partial charge in [-0.1, -0.05) is 6.42 Å². The number of hydrogen-bond acceptors (Lipinski definition) is 9. The van der Waals surface area contributed by atoms with Crippen LogP contribution in [0.3, 0.4) is 0 Å². The first-order valence-electron chi connectivity index (χ1n) is 11.6. The van der Waals surface area contributed by atoms with Crippen molar-refractivity contribution in [3.8, 4) is 0 Å². The van der Waals surface area contributed by atoms with Gasteiger partial charge in [0, 0.05) is 29.3 Å². The first-order chi connectivity index (χ1) is 18.2. The number of unbranched alkanes of at least 4 members (excludes halogenated alkanes) is 1. The lowest BCUT2D eigenvalue weighted by atomic mass is 10.0. The highest BCUT2D eigenvalue weighted by atomic mass is 32.2. The topological polar surface area (TPSA) is 188 Å². The smallest absolute Gasteiger partial charge is 0.450 e. The zero-order chi connectivity index (χ0) is 29.0. The zero-order valence-corrected chi connectivity index (χ0v) is 22.5. The number of alkyl halides is 3. The van der Waals surface area contributed by atoms with Gasteiger partial charge in [-0.05, 0) is 18.9 Å². The zero-order valence-electron chi connectivity index (χ0n) is 20.1. The standard InChI is InChI=1S/C21H25F3N4O8S3/c22-21(23,24)16(30)6-13(29)15-5-10(8-37-15)39(35,36)25-7-11(19(32)33)26-17(31)4-2-1-3-14-18-12(9-38-14)27-20(34)28-18/h5,8,11-12,14,18,25H,1-4,6-7,9H2,(H,26,31)(H,32,33)(H2,27,28,34)/t11-,12-,14-,18-/m0/s1. The molecule has 1 aromatic heterocycles. The number of carbonyl (C=O) groups excluding carboxylic acids is 4. The molecule has 0 unspecified atom stereocenters. The number of amides is 3. The highest BCUT2D eigenvalue weighted by molar-refractivity contribution is 8.00. The van der Waals surface area contributed by atoms with E-state index in [2.05, 4.69) is 16.0 Å². The summed E-state index contributed by atoms with van der Waals surface area (Å²) in [5.41, 5.74) is 0. The Hall–Kier alpha value is -2.70. The van der Waals surface area contributed by atoms with E-state index >= 15 is 0 Å². The van der Waals surface area contributed by atoms with E-state index in [0.29, 0.717) is 24.2 Å². The maximum absolute atomic E-state index is 12.5. The molecule has 0 aliphatic carbocycles. The molecule has 2 aliphatic heterocycles. The van der Waals surface area contributed by atoms with Gasteiger partial charge in [0.05, 0.1) is 28.3 Å². The number of urea groups is 1. The first kappa shape index (κ1) is 30.8. The molecule has 39 heavy (non-hydrogen) atoms. The van der Waals surface area contributed by atoms with Gasteiger partial charge >= 0.3 is 18.2 Å². The molecule has 3 heterocycles. The normalized spacial score (nSPS) is 21.5. The summed E-state index contributed by atoms with van der Waals surface area (Å²) >= 11 is 2.24. The molecule has 216 valence electrons. The van der Waals surface area contributed by atoms with Crippen molar-refractivity contribution < 1.29 is 50.7 Å². The number of nitrogens with one attached hydrogen (secondary N) is 4. The van der Waals surface area contributed by atoms with Crippen LogP contribution in [0.1, 0.15) is 41.8 Å². The lowest BCUT2D eigenvalue weighted by molar-refractivity contribution is -0.170. The number of thioether (sulfide) groups is 1. The summed E-state index contributed by atoms with van der Waals surface area (Å²) < 4.78 is 64.1. The molecule has 12 nitrogen and oxygen atoms in total. The number of Topliss-reactive ketones (excluding diaryl/α,β-unsaturated/α-hetero) is 2. The van der Waals surface area contributed by atoms with Crippen LogP contribution in [0.2, 0.25) is 0 Å². The van der Waals surface area contributed by atoms with Gasteiger partial charge in [-0.25, -0.2) is 22.7 Å². The maximum atomic E-state index is 12.5. The monoisotopic (exact) mass is 614 g/mol. The summed E-state index contributed by atoms with van der Waals surface area (Å²) in [5, 5.41) is 18.5. The summed E-state index contributed by atoms with van der Waals surface area (Å²) in [7, 11) is -4.39. The van der Waals surface area contributed by atoms with Crippen LogP contribution in [0.25, 0.3) is 0 Å². The third-order valence-electron chi connectivity index (χ3n) is 5.99. The Morgan fingerprint density at radius 1 is 1.18 bits per heavy atom. The third kappa shape index (κ3) is 8.39. The van der Waals surface area contributed by atoms with Crippen LogP contribution in [-0.2, 0) is 24.4 Å². The quantitative estimate of drug-likeness (QED) is 0.0883. The van der Waals surface area contributed by atoms with Crippen LogP contribution < -0.4 is 20.7 Å². The number of fused-ring (bicyclic) bond motifs is 1. The number of aliphatic carboxylic acids is 1. The van der Waals surface area contributed by atoms with Crippen LogP contribution in [0.4, 0.5) is 18.0 Å². The summed E-state index contributed by atoms with van der Waals surface area (Å²) in [5.74, 6) is -4.79. The van der Waals surface area contributed by atoms with Gasteiger partial charge in [0.1, 0.15) is 6.04 Å². The van der Waals surface area contributed by atoms with E-state index in [-0.39, 0.29) is 29.8 Å². The Kier molecular flexibility index (Phi) is 10.0. The summed E-state index contributed by atoms with van der Waals surface area (Å²) in [6.07, 6.45) is -4.83. The highest BCUT2D eigenvalue weighted by Crippen LogP contribution is 2.33. The van der Waals surface area contributed by atoms with E-state index in [1.165, 1.54) is 0 Å². The number of halogens is 3. The van der Waals surface area contributed by atoms with E-state index in [1.54, 1.807) is 11.8 Å². The minimum Gasteiger partial charge on any atom is -0.480 e. The average molecular weight is 615 g/mol. The molecule has 5 N–H and O–H groups in total. The summed E-state index contributed by atoms with van der Waals surface area (Å²) in [4.78, 5) is 57.2. The fourth-order valence-electron chi connectivity index (χ4n) is 3.96. The fraction of sp³-hybridized carbons (Fsp3) is 0.571. The SMILES string of the molecule is O=C(CCCC[C@@H]1SC[C@@H]2NC(=O)N[C@@H]21)N[C@@H](CNS(=O)(=O)c1csc(C(=O)CC(=O)C(F)(F)F)c1)C(=O)O. The minimum atomic E-state index is -5.20. The predicted molar refractivity (Wildman–Crippen MR) is 133 cm³/mol. The Bertz CT molecular complexity index is 1240. The van der Waals surface area contributed by atoms with Crippen molar-refractivity contribution in [1.29, 1.82) is 0 Å². The summed E-state index contributed by atoms with van der Waals surface area (Å²) in [6, 6.07) is -0.917. The lowest BCUT2D eigenvalue weighted by Gasteiger charge is -2.17. The van der Waals surface area contributed by atoms with Crippen molar-refractivity contribution in [3.05, 3.63) is 16.3 Å². The molecular formula is C21H25F3N4O8S3. The molecule has 2 saturated heterocycles. The second kappa shape index (κ2) is 12.6. The lowest BCUT2D eigenvalue weighted by Crippen LogP contribution is -2.48. The molecule has 2 aliphatic rings. The number of hydrogen-bond donors (Lipinski definition) is 5. The number of thiophene rings is 1. The van der Waals surface area contributed by atoms with Gasteiger partial charge in [0.15, 0.2) is 5.78 Å². The molecule has 1 aromatic rings. The molecule has 0 bridgehead atoms. The van der Waals surface area contributed by atoms with Crippen molar-refractivity contribution in [2.24, 2.45) is 0 Å². The Morgan fingerprint density at radius 3 is 2.56 bits per heavy atom. The number of ketones is 2. The average Bonchev–Trinajstić information content (AvgIpc) is 3.55. The van der Waals surface area contributed by atoms with Crippen LogP contribution >= 0.6 is 23.1 Å². The van der Waals surface area contributed by atoms with E-state index in [9.17, 15) is 50.7 Å². The predicted octanol–water partition coefficient (Wildman–Crippen LogP) is 1.03. The van der Waals surface area contributed by atoms with Gasteiger partial charge in [0.25, 0.3) is 0 Å².